The van der Waals surface area contributed by atoms with Gasteiger partial charge in [0.25, 0.3) is 0 Å². The van der Waals surface area contributed by atoms with Crippen molar-refractivity contribution in [2.24, 2.45) is 0 Å². The molecule has 0 saturated heterocycles. The molecule has 0 radical (unpaired) electrons. The number of ketones is 1. The molecule has 0 aliphatic carbocycles. The summed E-state index contributed by atoms with van der Waals surface area (Å²) in [5.41, 5.74) is 1.02. The molecule has 2 aromatic carbocycles. The van der Waals surface area contributed by atoms with Gasteiger partial charge in [-0.2, -0.15) is 0 Å². The zero-order valence-corrected chi connectivity index (χ0v) is 11.4. The van der Waals surface area contributed by atoms with Crippen molar-refractivity contribution < 1.29 is 19.6 Å². The van der Waals surface area contributed by atoms with Crippen LogP contribution in [0.5, 0.6) is 11.5 Å². The summed E-state index contributed by atoms with van der Waals surface area (Å²) < 4.78 is 5.51. The molecule has 1 N–H and O–H groups in total. The van der Waals surface area contributed by atoms with E-state index >= 15 is 0 Å². The lowest BCUT2D eigenvalue weighted by molar-refractivity contribution is -0.385. The van der Waals surface area contributed by atoms with E-state index in [2.05, 4.69) is 0 Å². The molecular weight excluding hydrogens is 286 g/mol. The van der Waals surface area contributed by atoms with Crippen molar-refractivity contribution in [1.29, 1.82) is 0 Å². The van der Waals surface area contributed by atoms with Crippen LogP contribution in [-0.2, 0) is 0 Å². The monoisotopic (exact) mass is 297 g/mol. The van der Waals surface area contributed by atoms with Gasteiger partial charge in [-0.3, -0.25) is 14.9 Å². The van der Waals surface area contributed by atoms with Gasteiger partial charge in [0, 0.05) is 11.6 Å². The van der Waals surface area contributed by atoms with Crippen molar-refractivity contribution in [2.75, 3.05) is 6.61 Å². The van der Waals surface area contributed by atoms with Gasteiger partial charge in [-0.15, -0.1) is 0 Å². The summed E-state index contributed by atoms with van der Waals surface area (Å²) in [5.74, 6) is -0.0557. The van der Waals surface area contributed by atoms with Crippen LogP contribution >= 0.6 is 0 Å². The Morgan fingerprint density at radius 2 is 2.00 bits per heavy atom. The molecule has 1 aliphatic heterocycles. The van der Waals surface area contributed by atoms with E-state index in [9.17, 15) is 20.0 Å². The number of benzene rings is 2. The molecule has 0 amide bonds. The number of hydrogen-bond donors (Lipinski definition) is 1. The van der Waals surface area contributed by atoms with Crippen molar-refractivity contribution in [2.45, 2.75) is 0 Å². The van der Waals surface area contributed by atoms with Crippen molar-refractivity contribution in [3.8, 4) is 11.5 Å². The fraction of sp³-hybridized carbons (Fsp3) is 0.0625. The molecule has 0 bridgehead atoms. The van der Waals surface area contributed by atoms with Gasteiger partial charge in [0.2, 0.25) is 0 Å². The summed E-state index contributed by atoms with van der Waals surface area (Å²) >= 11 is 0. The highest BCUT2D eigenvalue weighted by molar-refractivity contribution is 6.14. The molecule has 6 heteroatoms. The first-order chi connectivity index (χ1) is 10.6. The van der Waals surface area contributed by atoms with E-state index in [4.69, 9.17) is 4.74 Å². The lowest BCUT2D eigenvalue weighted by Gasteiger charge is -2.18. The lowest BCUT2D eigenvalue weighted by Crippen LogP contribution is -2.18. The zero-order chi connectivity index (χ0) is 15.7. The molecule has 110 valence electrons. The SMILES string of the molecule is O=C1/C(=C\c2ccc([N+](=O)[O-])c(O)c2)COc2ccccc21. The molecule has 0 atom stereocenters. The number of hydrogen-bond acceptors (Lipinski definition) is 5. The maximum absolute atomic E-state index is 12.4. The Labute approximate surface area is 125 Å². The van der Waals surface area contributed by atoms with Crippen LogP contribution in [0.1, 0.15) is 15.9 Å². The van der Waals surface area contributed by atoms with E-state index in [1.165, 1.54) is 18.2 Å². The topological polar surface area (TPSA) is 89.7 Å². The number of fused-ring (bicyclic) bond motifs is 1. The zero-order valence-electron chi connectivity index (χ0n) is 11.4. The van der Waals surface area contributed by atoms with Gasteiger partial charge >= 0.3 is 5.69 Å². The molecule has 1 aliphatic rings. The molecule has 0 saturated carbocycles. The summed E-state index contributed by atoms with van der Waals surface area (Å²) in [6.45, 7) is 0.119. The number of carbonyl (C=O) groups excluding carboxylic acids is 1. The summed E-state index contributed by atoms with van der Waals surface area (Å²) in [5, 5.41) is 20.3. The molecule has 0 fully saturated rings. The summed E-state index contributed by atoms with van der Waals surface area (Å²) in [7, 11) is 0. The molecule has 1 heterocycles. The maximum atomic E-state index is 12.4. The standard InChI is InChI=1S/C16H11NO5/c18-14-8-10(5-6-13(14)17(20)21)7-11-9-22-15-4-2-1-3-12(15)16(11)19/h1-8,18H,9H2/b11-7-. The van der Waals surface area contributed by atoms with Gasteiger partial charge in [0.1, 0.15) is 12.4 Å². The maximum Gasteiger partial charge on any atom is 0.310 e. The molecule has 2 aromatic rings. The number of para-hydroxylation sites is 1. The largest absolute Gasteiger partial charge is 0.502 e. The second-order valence-electron chi connectivity index (χ2n) is 4.79. The summed E-state index contributed by atoms with van der Waals surface area (Å²) in [4.78, 5) is 22.4. The van der Waals surface area contributed by atoms with Crippen LogP contribution in [0, 0.1) is 10.1 Å². The fourth-order valence-electron chi connectivity index (χ4n) is 2.27. The van der Waals surface area contributed by atoms with Crippen LogP contribution in [0.25, 0.3) is 6.08 Å². The van der Waals surface area contributed by atoms with E-state index in [1.54, 1.807) is 30.3 Å². The Morgan fingerprint density at radius 1 is 1.23 bits per heavy atom. The van der Waals surface area contributed by atoms with Gasteiger partial charge < -0.3 is 9.84 Å². The van der Waals surface area contributed by atoms with Crippen molar-refractivity contribution in [1.82, 2.24) is 0 Å². The van der Waals surface area contributed by atoms with E-state index in [-0.39, 0.29) is 18.1 Å². The number of nitro groups is 1. The number of phenols is 1. The Bertz CT molecular complexity index is 810. The third kappa shape index (κ3) is 2.42. The van der Waals surface area contributed by atoms with Crippen molar-refractivity contribution in [3.05, 3.63) is 69.3 Å². The number of nitro benzene ring substituents is 1. The van der Waals surface area contributed by atoms with Crippen LogP contribution in [0.2, 0.25) is 0 Å². The number of rotatable bonds is 2. The minimum atomic E-state index is -0.669. The number of ether oxygens (including phenoxy) is 1. The second kappa shape index (κ2) is 5.33. The molecule has 0 spiro atoms. The highest BCUT2D eigenvalue weighted by Gasteiger charge is 2.23. The first-order valence-electron chi connectivity index (χ1n) is 6.51. The van der Waals surface area contributed by atoms with E-state index in [0.29, 0.717) is 22.4 Å². The number of phenolic OH excluding ortho intramolecular Hbond substituents is 1. The highest BCUT2D eigenvalue weighted by Crippen LogP contribution is 2.30. The van der Waals surface area contributed by atoms with Crippen LogP contribution < -0.4 is 4.74 Å². The Hall–Kier alpha value is -3.15. The Morgan fingerprint density at radius 3 is 2.73 bits per heavy atom. The van der Waals surface area contributed by atoms with Gasteiger partial charge in [-0.1, -0.05) is 12.1 Å². The third-order valence-electron chi connectivity index (χ3n) is 3.34. The van der Waals surface area contributed by atoms with Crippen molar-refractivity contribution in [3.63, 3.8) is 0 Å². The molecule has 6 nitrogen and oxygen atoms in total. The first-order valence-corrected chi connectivity index (χ1v) is 6.51. The van der Waals surface area contributed by atoms with E-state index in [0.717, 1.165) is 0 Å². The predicted octanol–water partition coefficient (Wildman–Crippen LogP) is 2.96. The van der Waals surface area contributed by atoms with Crippen molar-refractivity contribution >= 4 is 17.5 Å². The van der Waals surface area contributed by atoms with Gasteiger partial charge in [-0.05, 0) is 35.9 Å². The highest BCUT2D eigenvalue weighted by atomic mass is 16.6. The minimum absolute atomic E-state index is 0.119. The number of aromatic hydroxyl groups is 1. The second-order valence-corrected chi connectivity index (χ2v) is 4.79. The number of Topliss-reactive ketones (excluding diaryl/α,β-unsaturated/α-hetero) is 1. The Kier molecular flexibility index (Phi) is 3.34. The van der Waals surface area contributed by atoms with Gasteiger partial charge in [-0.25, -0.2) is 0 Å². The predicted molar refractivity (Wildman–Crippen MR) is 79.0 cm³/mol. The fourth-order valence-corrected chi connectivity index (χ4v) is 2.27. The van der Waals surface area contributed by atoms with E-state index in [1.807, 2.05) is 0 Å². The first kappa shape index (κ1) is 13.8. The molecule has 0 unspecified atom stereocenters. The average Bonchev–Trinajstić information content (AvgIpc) is 2.50. The minimum Gasteiger partial charge on any atom is -0.502 e. The molecule has 3 rings (SSSR count). The molecule has 0 aromatic heterocycles. The van der Waals surface area contributed by atoms with Crippen LogP contribution in [0.4, 0.5) is 5.69 Å². The number of carbonyl (C=O) groups is 1. The third-order valence-corrected chi connectivity index (χ3v) is 3.34. The average molecular weight is 297 g/mol. The van der Waals surface area contributed by atoms with E-state index < -0.39 is 10.7 Å². The molecule has 22 heavy (non-hydrogen) atoms. The quantitative estimate of drug-likeness (QED) is 0.523. The summed E-state index contributed by atoms with van der Waals surface area (Å²) in [6.07, 6.45) is 1.56. The normalized spacial score (nSPS) is 15.3. The number of nitrogens with zero attached hydrogens (tertiary/aromatic N) is 1. The van der Waals surface area contributed by atoms with Gasteiger partial charge in [0.05, 0.1) is 10.5 Å². The smallest absolute Gasteiger partial charge is 0.310 e. The summed E-state index contributed by atoms with van der Waals surface area (Å²) in [6, 6.07) is 10.9. The van der Waals surface area contributed by atoms with Crippen LogP contribution in [-0.4, -0.2) is 22.4 Å². The van der Waals surface area contributed by atoms with Crippen LogP contribution in [0.3, 0.4) is 0 Å². The Balaban J connectivity index is 1.95. The van der Waals surface area contributed by atoms with Gasteiger partial charge in [0.15, 0.2) is 11.5 Å². The van der Waals surface area contributed by atoms with Crippen LogP contribution in [0.15, 0.2) is 48.0 Å². The molecular formula is C16H11NO5. The lowest BCUT2D eigenvalue weighted by atomic mass is 9.98.